The van der Waals surface area contributed by atoms with Gasteiger partial charge < -0.3 is 20.8 Å². The van der Waals surface area contributed by atoms with Gasteiger partial charge in [-0.3, -0.25) is 9.59 Å². The van der Waals surface area contributed by atoms with E-state index in [1.165, 1.54) is 30.5 Å². The van der Waals surface area contributed by atoms with Crippen LogP contribution in [-0.2, 0) is 4.79 Å². The fourth-order valence-corrected chi connectivity index (χ4v) is 2.61. The van der Waals surface area contributed by atoms with Gasteiger partial charge in [-0.05, 0) is 50.6 Å². The van der Waals surface area contributed by atoms with Gasteiger partial charge in [0.2, 0.25) is 5.91 Å². The number of carbonyl (C=O) groups excluding carboxylic acids is 2. The first-order chi connectivity index (χ1) is 13.8. The molecule has 0 aliphatic rings. The van der Waals surface area contributed by atoms with E-state index in [1.54, 1.807) is 43.3 Å². The molecule has 2 atom stereocenters. The number of ketones is 1. The monoisotopic (exact) mass is 394 g/mol. The van der Waals surface area contributed by atoms with Crippen LogP contribution < -0.4 is 10.6 Å². The maximum Gasteiger partial charge on any atom is 0.248 e. The van der Waals surface area contributed by atoms with Crippen LogP contribution in [0.3, 0.4) is 0 Å². The maximum atomic E-state index is 12.4. The summed E-state index contributed by atoms with van der Waals surface area (Å²) in [6.07, 6.45) is 3.55. The van der Waals surface area contributed by atoms with Crippen LogP contribution in [0.15, 0.2) is 72.5 Å². The van der Waals surface area contributed by atoms with Crippen LogP contribution in [0, 0.1) is 0 Å². The number of phenols is 1. The number of aliphatic hydroxyl groups is 1. The molecule has 0 spiro atoms. The van der Waals surface area contributed by atoms with E-state index in [9.17, 15) is 19.8 Å². The van der Waals surface area contributed by atoms with Gasteiger partial charge in [0.25, 0.3) is 0 Å². The minimum absolute atomic E-state index is 0.131. The Morgan fingerprint density at radius 1 is 1.07 bits per heavy atom. The molecule has 0 radical (unpaired) electrons. The third-order valence-electron chi connectivity index (χ3n) is 4.14. The van der Waals surface area contributed by atoms with Crippen molar-refractivity contribution in [2.24, 2.45) is 0 Å². The van der Waals surface area contributed by atoms with Crippen molar-refractivity contribution in [3.8, 4) is 5.75 Å². The second-order valence-electron chi connectivity index (χ2n) is 6.98. The predicted molar refractivity (Wildman–Crippen MR) is 114 cm³/mol. The molecule has 0 aliphatic carbocycles. The smallest absolute Gasteiger partial charge is 0.248 e. The van der Waals surface area contributed by atoms with E-state index < -0.39 is 6.10 Å². The number of nitrogens with one attached hydrogen (secondary N) is 2. The standard InChI is InChI=1S/C23H26N2O4/c1-15(2)13-22(28)25-19-6-4-5-18(14-19)21(27)11-12-24-16(3)23(29)17-7-9-20(26)10-8-17/h4-14,16,23-24,26,29H,1-3H3,(H,25,28)/b12-11+. The van der Waals surface area contributed by atoms with Crippen LogP contribution >= 0.6 is 0 Å². The summed E-state index contributed by atoms with van der Waals surface area (Å²) < 4.78 is 0. The van der Waals surface area contributed by atoms with Crippen molar-refractivity contribution in [1.29, 1.82) is 0 Å². The lowest BCUT2D eigenvalue weighted by atomic mass is 10.0. The zero-order chi connectivity index (χ0) is 21.4. The number of rotatable bonds is 8. The van der Waals surface area contributed by atoms with Crippen LogP contribution in [-0.4, -0.2) is 27.9 Å². The lowest BCUT2D eigenvalue weighted by molar-refractivity contribution is -0.111. The number of carbonyl (C=O) groups is 2. The second kappa shape index (κ2) is 10.2. The van der Waals surface area contributed by atoms with Gasteiger partial charge in [0.1, 0.15) is 5.75 Å². The zero-order valence-electron chi connectivity index (χ0n) is 16.7. The van der Waals surface area contributed by atoms with Gasteiger partial charge in [0.15, 0.2) is 5.78 Å². The van der Waals surface area contributed by atoms with Crippen LogP contribution in [0.4, 0.5) is 5.69 Å². The molecule has 0 aliphatic heterocycles. The number of aliphatic hydroxyl groups excluding tert-OH is 1. The van der Waals surface area contributed by atoms with Gasteiger partial charge in [-0.25, -0.2) is 0 Å². The largest absolute Gasteiger partial charge is 0.508 e. The van der Waals surface area contributed by atoms with Crippen molar-refractivity contribution in [1.82, 2.24) is 5.32 Å². The van der Waals surface area contributed by atoms with Crippen molar-refractivity contribution in [3.63, 3.8) is 0 Å². The number of aromatic hydroxyl groups is 1. The number of phenolic OH excluding ortho intramolecular Hbond substituents is 1. The molecule has 152 valence electrons. The molecule has 29 heavy (non-hydrogen) atoms. The fraction of sp³-hybridized carbons (Fsp3) is 0.217. The molecule has 0 heterocycles. The Hall–Kier alpha value is -3.38. The van der Waals surface area contributed by atoms with Gasteiger partial charge >= 0.3 is 0 Å². The second-order valence-corrected chi connectivity index (χ2v) is 6.98. The number of hydrogen-bond donors (Lipinski definition) is 4. The minimum Gasteiger partial charge on any atom is -0.508 e. The Kier molecular flexibility index (Phi) is 7.74. The molecular formula is C23H26N2O4. The SMILES string of the molecule is CC(C)=CC(=O)Nc1cccc(C(=O)/C=C/NC(C)C(O)c2ccc(O)cc2)c1. The molecule has 4 N–H and O–H groups in total. The quantitative estimate of drug-likeness (QED) is 0.404. The lowest BCUT2D eigenvalue weighted by Gasteiger charge is -2.19. The summed E-state index contributed by atoms with van der Waals surface area (Å²) in [6.45, 7) is 5.44. The van der Waals surface area contributed by atoms with Crippen LogP contribution in [0.1, 0.15) is 42.8 Å². The van der Waals surface area contributed by atoms with E-state index >= 15 is 0 Å². The zero-order valence-corrected chi connectivity index (χ0v) is 16.7. The number of anilines is 1. The molecule has 0 saturated carbocycles. The molecule has 1 amide bonds. The van der Waals surface area contributed by atoms with E-state index in [0.29, 0.717) is 16.8 Å². The number of amides is 1. The van der Waals surface area contributed by atoms with E-state index in [-0.39, 0.29) is 23.5 Å². The van der Waals surface area contributed by atoms with Gasteiger partial charge in [0.05, 0.1) is 12.1 Å². The summed E-state index contributed by atoms with van der Waals surface area (Å²) in [5.74, 6) is -0.350. The van der Waals surface area contributed by atoms with Crippen molar-refractivity contribution < 1.29 is 19.8 Å². The van der Waals surface area contributed by atoms with Gasteiger partial charge in [0, 0.05) is 29.6 Å². The summed E-state index contributed by atoms with van der Waals surface area (Å²) in [4.78, 5) is 24.2. The molecule has 6 nitrogen and oxygen atoms in total. The molecule has 2 rings (SSSR count). The molecule has 2 unspecified atom stereocenters. The first-order valence-electron chi connectivity index (χ1n) is 9.26. The number of hydrogen-bond acceptors (Lipinski definition) is 5. The first kappa shape index (κ1) is 21.9. The molecule has 0 fully saturated rings. The molecule has 0 saturated heterocycles. The van der Waals surface area contributed by atoms with Crippen molar-refractivity contribution >= 4 is 17.4 Å². The van der Waals surface area contributed by atoms with Crippen LogP contribution in [0.25, 0.3) is 0 Å². The summed E-state index contributed by atoms with van der Waals surface area (Å²) in [5.41, 5.74) is 2.51. The Morgan fingerprint density at radius 3 is 2.41 bits per heavy atom. The van der Waals surface area contributed by atoms with Crippen LogP contribution in [0.5, 0.6) is 5.75 Å². The lowest BCUT2D eigenvalue weighted by Crippen LogP contribution is -2.28. The van der Waals surface area contributed by atoms with E-state index in [2.05, 4.69) is 10.6 Å². The van der Waals surface area contributed by atoms with Crippen molar-refractivity contribution in [2.75, 3.05) is 5.32 Å². The third-order valence-corrected chi connectivity index (χ3v) is 4.14. The highest BCUT2D eigenvalue weighted by Gasteiger charge is 2.15. The molecule has 2 aromatic rings. The van der Waals surface area contributed by atoms with E-state index in [4.69, 9.17) is 0 Å². The van der Waals surface area contributed by atoms with Crippen molar-refractivity contribution in [2.45, 2.75) is 32.9 Å². The molecule has 0 bridgehead atoms. The fourth-order valence-electron chi connectivity index (χ4n) is 2.61. The van der Waals surface area contributed by atoms with E-state index in [0.717, 1.165) is 5.57 Å². The molecule has 6 heteroatoms. The average Bonchev–Trinajstić information content (AvgIpc) is 2.67. The summed E-state index contributed by atoms with van der Waals surface area (Å²) in [6, 6.07) is 12.6. The number of benzene rings is 2. The Labute approximate surface area is 170 Å². The van der Waals surface area contributed by atoms with Crippen LogP contribution in [0.2, 0.25) is 0 Å². The summed E-state index contributed by atoms with van der Waals surface area (Å²) in [5, 5.41) is 25.4. The predicted octanol–water partition coefficient (Wildman–Crippen LogP) is 3.71. The van der Waals surface area contributed by atoms with Gasteiger partial charge in [-0.2, -0.15) is 0 Å². The maximum absolute atomic E-state index is 12.4. The van der Waals surface area contributed by atoms with Gasteiger partial charge in [-0.15, -0.1) is 0 Å². The molecular weight excluding hydrogens is 368 g/mol. The highest BCUT2D eigenvalue weighted by atomic mass is 16.3. The normalized spacial score (nSPS) is 12.8. The Morgan fingerprint density at radius 2 is 1.76 bits per heavy atom. The Balaban J connectivity index is 1.96. The van der Waals surface area contributed by atoms with Crippen molar-refractivity contribution in [3.05, 3.63) is 83.6 Å². The Bertz CT molecular complexity index is 913. The molecule has 0 aromatic heterocycles. The molecule has 2 aromatic carbocycles. The van der Waals surface area contributed by atoms with Gasteiger partial charge in [-0.1, -0.05) is 29.8 Å². The topological polar surface area (TPSA) is 98.7 Å². The third kappa shape index (κ3) is 6.93. The highest BCUT2D eigenvalue weighted by molar-refractivity contribution is 6.06. The average molecular weight is 394 g/mol. The first-order valence-corrected chi connectivity index (χ1v) is 9.26. The highest BCUT2D eigenvalue weighted by Crippen LogP contribution is 2.19. The summed E-state index contributed by atoms with van der Waals surface area (Å²) >= 11 is 0. The number of allylic oxidation sites excluding steroid dienone is 2. The summed E-state index contributed by atoms with van der Waals surface area (Å²) in [7, 11) is 0. The van der Waals surface area contributed by atoms with E-state index in [1.807, 2.05) is 13.8 Å². The minimum atomic E-state index is -0.802.